The zero-order valence-corrected chi connectivity index (χ0v) is 14.9. The van der Waals surface area contributed by atoms with E-state index in [2.05, 4.69) is 69.6 Å². The number of benzene rings is 1. The smallest absolute Gasteiger partial charge is 0.0346 e. The van der Waals surface area contributed by atoms with E-state index in [4.69, 9.17) is 0 Å². The maximum Gasteiger partial charge on any atom is 0.0346 e. The van der Waals surface area contributed by atoms with E-state index in [1.165, 1.54) is 28.5 Å². The zero-order chi connectivity index (χ0) is 15.5. The molecule has 0 spiro atoms. The lowest BCUT2D eigenvalue weighted by Gasteiger charge is -2.31. The van der Waals surface area contributed by atoms with E-state index in [-0.39, 0.29) is 0 Å². The predicted molar refractivity (Wildman–Crippen MR) is 96.1 cm³/mol. The highest BCUT2D eigenvalue weighted by atomic mass is 32.1. The van der Waals surface area contributed by atoms with E-state index in [9.17, 15) is 0 Å². The second-order valence-electron chi connectivity index (χ2n) is 7.20. The molecule has 0 amide bonds. The Bertz CT molecular complexity index is 564. The van der Waals surface area contributed by atoms with Gasteiger partial charge in [-0.05, 0) is 53.1 Å². The van der Waals surface area contributed by atoms with E-state index in [0.29, 0.717) is 17.4 Å². The number of nitrogens with one attached hydrogen (secondary N) is 1. The van der Waals surface area contributed by atoms with Crippen molar-refractivity contribution < 1.29 is 0 Å². The Labute approximate surface area is 133 Å². The van der Waals surface area contributed by atoms with Crippen molar-refractivity contribution in [1.82, 2.24) is 5.32 Å². The predicted octanol–water partition coefficient (Wildman–Crippen LogP) is 6.01. The molecule has 0 fully saturated rings. The summed E-state index contributed by atoms with van der Waals surface area (Å²) < 4.78 is 1.40. The molecule has 0 radical (unpaired) electrons. The molecule has 2 unspecified atom stereocenters. The minimum atomic E-state index is 0.359. The van der Waals surface area contributed by atoms with Gasteiger partial charge in [-0.2, -0.15) is 0 Å². The fourth-order valence-corrected chi connectivity index (χ4v) is 3.63. The minimum Gasteiger partial charge on any atom is -0.310 e. The van der Waals surface area contributed by atoms with Gasteiger partial charge in [0.25, 0.3) is 0 Å². The molecule has 0 aliphatic heterocycles. The number of thiophene rings is 1. The molecule has 0 aliphatic carbocycles. The SMILES string of the molecule is CCCNC(CC(C)C(C)(C)C)c1csc2ccccc12. The van der Waals surface area contributed by atoms with Crippen molar-refractivity contribution >= 4 is 21.4 Å². The highest BCUT2D eigenvalue weighted by Gasteiger charge is 2.25. The fourth-order valence-electron chi connectivity index (χ4n) is 2.61. The van der Waals surface area contributed by atoms with Gasteiger partial charge < -0.3 is 5.32 Å². The molecular formula is C19H29NS. The second-order valence-corrected chi connectivity index (χ2v) is 8.11. The van der Waals surface area contributed by atoms with Crippen LogP contribution in [-0.4, -0.2) is 6.54 Å². The molecule has 1 N–H and O–H groups in total. The van der Waals surface area contributed by atoms with Crippen LogP contribution in [0.3, 0.4) is 0 Å². The van der Waals surface area contributed by atoms with Gasteiger partial charge in [-0.25, -0.2) is 0 Å². The molecule has 2 heteroatoms. The summed E-state index contributed by atoms with van der Waals surface area (Å²) in [6, 6.07) is 9.25. The third kappa shape index (κ3) is 4.08. The Kier molecular flexibility index (Phi) is 5.45. The molecule has 116 valence electrons. The average molecular weight is 304 g/mol. The summed E-state index contributed by atoms with van der Waals surface area (Å²) in [4.78, 5) is 0. The molecule has 0 saturated carbocycles. The molecule has 1 heterocycles. The highest BCUT2D eigenvalue weighted by Crippen LogP contribution is 2.37. The normalized spacial score (nSPS) is 15.3. The molecule has 2 atom stereocenters. The summed E-state index contributed by atoms with van der Waals surface area (Å²) in [7, 11) is 0. The van der Waals surface area contributed by atoms with Crippen LogP contribution in [0.2, 0.25) is 0 Å². The Balaban J connectivity index is 2.27. The first-order valence-corrected chi connectivity index (χ1v) is 9.01. The van der Waals surface area contributed by atoms with Crippen molar-refractivity contribution in [2.45, 2.75) is 53.5 Å². The van der Waals surface area contributed by atoms with Crippen molar-refractivity contribution in [3.63, 3.8) is 0 Å². The van der Waals surface area contributed by atoms with Crippen molar-refractivity contribution in [2.24, 2.45) is 11.3 Å². The van der Waals surface area contributed by atoms with E-state index >= 15 is 0 Å². The van der Waals surface area contributed by atoms with Crippen LogP contribution in [0.1, 0.15) is 59.1 Å². The number of hydrogen-bond donors (Lipinski definition) is 1. The second kappa shape index (κ2) is 6.93. The molecule has 0 bridgehead atoms. The standard InChI is InChI=1S/C19H29NS/c1-6-11-20-17(12-14(2)19(3,4)5)16-13-21-18-10-8-7-9-15(16)18/h7-10,13-14,17,20H,6,11-12H2,1-5H3. The lowest BCUT2D eigenvalue weighted by Crippen LogP contribution is -2.28. The van der Waals surface area contributed by atoms with Crippen LogP contribution in [0.5, 0.6) is 0 Å². The first-order valence-electron chi connectivity index (χ1n) is 8.13. The fraction of sp³-hybridized carbons (Fsp3) is 0.579. The molecule has 0 saturated heterocycles. The first kappa shape index (κ1) is 16.5. The van der Waals surface area contributed by atoms with Gasteiger partial charge in [-0.15, -0.1) is 11.3 Å². The summed E-state index contributed by atoms with van der Waals surface area (Å²) in [5.41, 5.74) is 1.85. The average Bonchev–Trinajstić information content (AvgIpc) is 2.86. The van der Waals surface area contributed by atoms with Gasteiger partial charge in [0.05, 0.1) is 0 Å². The summed E-state index contributed by atoms with van der Waals surface area (Å²) in [6.07, 6.45) is 2.38. The molecule has 1 aromatic heterocycles. The third-order valence-electron chi connectivity index (χ3n) is 4.59. The van der Waals surface area contributed by atoms with Crippen LogP contribution in [0.15, 0.2) is 29.6 Å². The molecular weight excluding hydrogens is 274 g/mol. The van der Waals surface area contributed by atoms with Gasteiger partial charge in [-0.1, -0.05) is 52.8 Å². The van der Waals surface area contributed by atoms with Crippen LogP contribution in [-0.2, 0) is 0 Å². The van der Waals surface area contributed by atoms with Gasteiger partial charge in [0, 0.05) is 10.7 Å². The summed E-state index contributed by atoms with van der Waals surface area (Å²) in [5.74, 6) is 0.686. The molecule has 1 nitrogen and oxygen atoms in total. The van der Waals surface area contributed by atoms with Gasteiger partial charge in [0.15, 0.2) is 0 Å². The Morgan fingerprint density at radius 2 is 1.90 bits per heavy atom. The monoisotopic (exact) mass is 303 g/mol. The van der Waals surface area contributed by atoms with Gasteiger partial charge in [0.1, 0.15) is 0 Å². The van der Waals surface area contributed by atoms with Crippen LogP contribution in [0.25, 0.3) is 10.1 Å². The topological polar surface area (TPSA) is 12.0 Å². The first-order chi connectivity index (χ1) is 9.93. The van der Waals surface area contributed by atoms with Gasteiger partial charge >= 0.3 is 0 Å². The van der Waals surface area contributed by atoms with E-state index in [1.54, 1.807) is 0 Å². The van der Waals surface area contributed by atoms with E-state index in [1.807, 2.05) is 11.3 Å². The zero-order valence-electron chi connectivity index (χ0n) is 14.1. The molecule has 2 aromatic rings. The van der Waals surface area contributed by atoms with Crippen LogP contribution in [0, 0.1) is 11.3 Å². The Morgan fingerprint density at radius 1 is 1.19 bits per heavy atom. The van der Waals surface area contributed by atoms with E-state index in [0.717, 1.165) is 6.54 Å². The van der Waals surface area contributed by atoms with Crippen LogP contribution < -0.4 is 5.32 Å². The van der Waals surface area contributed by atoms with Gasteiger partial charge in [0.2, 0.25) is 0 Å². The Hall–Kier alpha value is -0.860. The Morgan fingerprint density at radius 3 is 2.57 bits per heavy atom. The van der Waals surface area contributed by atoms with Crippen molar-refractivity contribution in [1.29, 1.82) is 0 Å². The quantitative estimate of drug-likeness (QED) is 0.688. The lowest BCUT2D eigenvalue weighted by atomic mass is 9.77. The maximum atomic E-state index is 3.77. The minimum absolute atomic E-state index is 0.359. The van der Waals surface area contributed by atoms with Crippen molar-refractivity contribution in [3.8, 4) is 0 Å². The molecule has 21 heavy (non-hydrogen) atoms. The van der Waals surface area contributed by atoms with E-state index < -0.39 is 0 Å². The van der Waals surface area contributed by atoms with Gasteiger partial charge in [-0.3, -0.25) is 0 Å². The molecule has 0 aliphatic rings. The largest absolute Gasteiger partial charge is 0.310 e. The summed E-state index contributed by atoms with van der Waals surface area (Å²) in [5, 5.41) is 7.56. The van der Waals surface area contributed by atoms with Crippen LogP contribution >= 0.6 is 11.3 Å². The molecule has 1 aromatic carbocycles. The summed E-state index contributed by atoms with van der Waals surface area (Å²) in [6.45, 7) is 12.8. The van der Waals surface area contributed by atoms with Crippen LogP contribution in [0.4, 0.5) is 0 Å². The maximum absolute atomic E-state index is 3.77. The number of hydrogen-bond acceptors (Lipinski definition) is 2. The number of fused-ring (bicyclic) bond motifs is 1. The number of rotatable bonds is 6. The molecule has 2 rings (SSSR count). The summed E-state index contributed by atoms with van der Waals surface area (Å²) >= 11 is 1.87. The lowest BCUT2D eigenvalue weighted by molar-refractivity contribution is 0.223. The third-order valence-corrected chi connectivity index (χ3v) is 5.58. The van der Waals surface area contributed by atoms with Crippen molar-refractivity contribution in [2.75, 3.05) is 6.54 Å². The highest BCUT2D eigenvalue weighted by molar-refractivity contribution is 7.17. The van der Waals surface area contributed by atoms with Crippen molar-refractivity contribution in [3.05, 3.63) is 35.2 Å².